The zero-order valence-corrected chi connectivity index (χ0v) is 20.9. The first kappa shape index (κ1) is 23.1. The highest BCUT2D eigenvalue weighted by Gasteiger charge is 2.23. The summed E-state index contributed by atoms with van der Waals surface area (Å²) in [5.74, 6) is 0.575. The lowest BCUT2D eigenvalue weighted by atomic mass is 10.0. The number of rotatable bonds is 6. The van der Waals surface area contributed by atoms with E-state index in [9.17, 15) is 9.90 Å². The number of hydrogen-bond acceptors (Lipinski definition) is 6. The Labute approximate surface area is 202 Å². The first-order valence-electron chi connectivity index (χ1n) is 10.9. The van der Waals surface area contributed by atoms with E-state index in [1.165, 1.54) is 16.0 Å². The van der Waals surface area contributed by atoms with Crippen LogP contribution in [0.4, 0.5) is 0 Å². The molecule has 4 rings (SSSR count). The minimum Gasteiger partial charge on any atom is -0.508 e. The molecule has 1 aliphatic rings. The van der Waals surface area contributed by atoms with E-state index in [2.05, 4.69) is 35.2 Å². The number of benzene rings is 2. The summed E-state index contributed by atoms with van der Waals surface area (Å²) in [6, 6.07) is 16.3. The van der Waals surface area contributed by atoms with E-state index in [0.29, 0.717) is 12.3 Å². The molecular weight excluding hydrogens is 456 g/mol. The van der Waals surface area contributed by atoms with Crippen LogP contribution in [0, 0.1) is 9.74 Å². The topological polar surface area (TPSA) is 43.8 Å². The predicted molar refractivity (Wildman–Crippen MR) is 136 cm³/mol. The van der Waals surface area contributed by atoms with Crippen LogP contribution in [0.3, 0.4) is 0 Å². The van der Waals surface area contributed by atoms with E-state index < -0.39 is 0 Å². The molecule has 1 amide bonds. The third-order valence-corrected chi connectivity index (χ3v) is 9.05. The van der Waals surface area contributed by atoms with Gasteiger partial charge in [0.15, 0.2) is 0 Å². The number of piperazine rings is 1. The molecule has 168 valence electrons. The minimum absolute atomic E-state index is 0.0356. The van der Waals surface area contributed by atoms with Crippen LogP contribution in [0.2, 0.25) is 0 Å². The zero-order chi connectivity index (χ0) is 22.7. The Kier molecular flexibility index (Phi) is 7.40. The molecule has 0 bridgehead atoms. The summed E-state index contributed by atoms with van der Waals surface area (Å²) in [4.78, 5) is 17.7. The van der Waals surface area contributed by atoms with Crippen molar-refractivity contribution in [3.63, 3.8) is 0 Å². The monoisotopic (exact) mass is 484 g/mol. The molecule has 0 spiro atoms. The summed E-state index contributed by atoms with van der Waals surface area (Å²) in [6.45, 7) is 7.69. The molecule has 0 unspecified atom stereocenters. The van der Waals surface area contributed by atoms with Crippen molar-refractivity contribution in [1.82, 2.24) is 9.80 Å². The highest BCUT2D eigenvalue weighted by Crippen LogP contribution is 2.38. The molecule has 0 atom stereocenters. The zero-order valence-electron chi connectivity index (χ0n) is 18.4. The van der Waals surface area contributed by atoms with Gasteiger partial charge in [-0.2, -0.15) is 0 Å². The van der Waals surface area contributed by atoms with Gasteiger partial charge in [-0.15, -0.1) is 0 Å². The van der Waals surface area contributed by atoms with Crippen LogP contribution in [0.15, 0.2) is 48.5 Å². The van der Waals surface area contributed by atoms with Crippen molar-refractivity contribution >= 4 is 38.8 Å². The van der Waals surface area contributed by atoms with E-state index in [1.54, 1.807) is 26.7 Å². The molecule has 3 aromatic rings. The summed E-state index contributed by atoms with van der Waals surface area (Å²) in [7, 11) is 3.36. The van der Waals surface area contributed by atoms with Crippen LogP contribution in [-0.2, 0) is 17.8 Å². The van der Waals surface area contributed by atoms with Gasteiger partial charge in [0.1, 0.15) is 9.57 Å². The molecule has 1 aromatic heterocycles. The van der Waals surface area contributed by atoms with E-state index >= 15 is 0 Å². The van der Waals surface area contributed by atoms with Crippen LogP contribution in [0.25, 0.3) is 10.4 Å². The number of phenols is 1. The lowest BCUT2D eigenvalue weighted by molar-refractivity contribution is -0.136. The van der Waals surface area contributed by atoms with Gasteiger partial charge < -0.3 is 10.0 Å². The Morgan fingerprint density at radius 1 is 1.06 bits per heavy atom. The second kappa shape index (κ2) is 10.3. The Bertz CT molecular complexity index is 1130. The fourth-order valence-corrected chi connectivity index (χ4v) is 6.94. The molecule has 4 nitrogen and oxygen atoms in total. The first-order valence-corrected chi connectivity index (χ1v) is 13.5. The molecule has 0 aliphatic carbocycles. The quantitative estimate of drug-likeness (QED) is 0.355. The standard InChI is InChI=1S/C25H28N2O2S3/c1-17(2)24(29)27-12-10-26(11-13-27)16-20-15-19(8-9-22(20)28)23-21(25(30)32-31-23)14-18-6-4-3-5-7-18/h3-9,15,17,28H,10-14,16H2,1-2H3. The fraction of sp³-hybridized carbons (Fsp3) is 0.360. The number of nitrogens with zero attached hydrogens (tertiary/aromatic N) is 2. The summed E-state index contributed by atoms with van der Waals surface area (Å²) >= 11 is 5.65. The largest absolute Gasteiger partial charge is 0.508 e. The summed E-state index contributed by atoms with van der Waals surface area (Å²) in [6.07, 6.45) is 0.817. The van der Waals surface area contributed by atoms with Gasteiger partial charge in [-0.3, -0.25) is 9.69 Å². The van der Waals surface area contributed by atoms with Gasteiger partial charge in [-0.05, 0) is 29.3 Å². The fourth-order valence-electron chi connectivity index (χ4n) is 4.03. The normalized spacial score (nSPS) is 14.8. The molecule has 32 heavy (non-hydrogen) atoms. The molecule has 7 heteroatoms. The number of hydrogen-bond donors (Lipinski definition) is 1. The van der Waals surface area contributed by atoms with Gasteiger partial charge in [-0.25, -0.2) is 0 Å². The molecule has 1 fully saturated rings. The molecule has 1 aliphatic heterocycles. The van der Waals surface area contributed by atoms with Crippen molar-refractivity contribution in [2.24, 2.45) is 5.92 Å². The smallest absolute Gasteiger partial charge is 0.225 e. The Morgan fingerprint density at radius 3 is 2.47 bits per heavy atom. The second-order valence-electron chi connectivity index (χ2n) is 8.52. The van der Waals surface area contributed by atoms with Crippen molar-refractivity contribution in [2.75, 3.05) is 26.2 Å². The van der Waals surface area contributed by atoms with Crippen molar-refractivity contribution in [3.8, 4) is 16.2 Å². The number of aromatic hydroxyl groups is 1. The van der Waals surface area contributed by atoms with Crippen LogP contribution < -0.4 is 0 Å². The van der Waals surface area contributed by atoms with Crippen molar-refractivity contribution in [1.29, 1.82) is 0 Å². The van der Waals surface area contributed by atoms with Crippen LogP contribution in [-0.4, -0.2) is 47.0 Å². The SMILES string of the molecule is CC(C)C(=O)N1CCN(Cc2cc(-c3ssc(=S)c3Cc3ccccc3)ccc2O)CC1. The maximum absolute atomic E-state index is 12.2. The highest BCUT2D eigenvalue weighted by atomic mass is 32.9. The number of carbonyl (C=O) groups excluding carboxylic acids is 1. The molecule has 2 heterocycles. The maximum atomic E-state index is 12.2. The first-order chi connectivity index (χ1) is 15.4. The molecule has 2 aromatic carbocycles. The van der Waals surface area contributed by atoms with E-state index in [1.807, 2.05) is 30.9 Å². The second-order valence-corrected chi connectivity index (χ2v) is 11.3. The van der Waals surface area contributed by atoms with Crippen molar-refractivity contribution in [3.05, 3.63) is 69.0 Å². The van der Waals surface area contributed by atoms with Gasteiger partial charge in [0.25, 0.3) is 0 Å². The van der Waals surface area contributed by atoms with Gasteiger partial charge >= 0.3 is 0 Å². The van der Waals surface area contributed by atoms with Crippen LogP contribution >= 0.6 is 32.9 Å². The third-order valence-electron chi connectivity index (χ3n) is 5.86. The lowest BCUT2D eigenvalue weighted by Gasteiger charge is -2.35. The molecule has 1 saturated heterocycles. The number of amides is 1. The van der Waals surface area contributed by atoms with Gasteiger partial charge in [0.2, 0.25) is 5.91 Å². The summed E-state index contributed by atoms with van der Waals surface area (Å²) in [5.41, 5.74) is 4.47. The third kappa shape index (κ3) is 5.29. The minimum atomic E-state index is 0.0356. The highest BCUT2D eigenvalue weighted by molar-refractivity contribution is 7.80. The van der Waals surface area contributed by atoms with E-state index in [0.717, 1.165) is 47.6 Å². The Hall–Kier alpha value is -2.06. The Morgan fingerprint density at radius 2 is 1.78 bits per heavy atom. The van der Waals surface area contributed by atoms with Crippen molar-refractivity contribution < 1.29 is 9.90 Å². The van der Waals surface area contributed by atoms with Crippen LogP contribution in [0.5, 0.6) is 5.75 Å². The van der Waals surface area contributed by atoms with Gasteiger partial charge in [-0.1, -0.05) is 77.1 Å². The van der Waals surface area contributed by atoms with E-state index in [-0.39, 0.29) is 11.8 Å². The van der Waals surface area contributed by atoms with Gasteiger partial charge in [0.05, 0.1) is 4.88 Å². The van der Waals surface area contributed by atoms with Crippen molar-refractivity contribution in [2.45, 2.75) is 26.8 Å². The predicted octanol–water partition coefficient (Wildman–Crippen LogP) is 5.80. The molecule has 0 radical (unpaired) electrons. The average molecular weight is 485 g/mol. The number of phenolic OH excluding ortho intramolecular Hbond substituents is 1. The van der Waals surface area contributed by atoms with Crippen LogP contribution in [0.1, 0.15) is 30.5 Å². The summed E-state index contributed by atoms with van der Waals surface area (Å²) < 4.78 is 0.939. The molecular formula is C25H28N2O2S3. The average Bonchev–Trinajstić information content (AvgIpc) is 3.16. The molecule has 0 saturated carbocycles. The Balaban J connectivity index is 1.51. The van der Waals surface area contributed by atoms with Gasteiger partial charge in [0, 0.05) is 56.2 Å². The van der Waals surface area contributed by atoms with E-state index in [4.69, 9.17) is 12.2 Å². The number of carbonyl (C=O) groups is 1. The summed E-state index contributed by atoms with van der Waals surface area (Å²) in [5, 5.41) is 10.5. The lowest BCUT2D eigenvalue weighted by Crippen LogP contribution is -2.49. The maximum Gasteiger partial charge on any atom is 0.225 e. The molecule has 1 N–H and O–H groups in total.